The number of hydrogen-bond donors (Lipinski definition) is 0. The van der Waals surface area contributed by atoms with Crippen LogP contribution < -0.4 is 4.90 Å². The number of rotatable bonds is 4. The maximum Gasteiger partial charge on any atom is 0.406 e. The molecule has 2 aromatic rings. The van der Waals surface area contributed by atoms with Gasteiger partial charge in [-0.2, -0.15) is 0 Å². The van der Waals surface area contributed by atoms with E-state index in [0.29, 0.717) is 5.82 Å². The lowest BCUT2D eigenvalue weighted by atomic mass is 10.1. The molecule has 1 aliphatic heterocycles. The van der Waals surface area contributed by atoms with Crippen molar-refractivity contribution in [3.8, 4) is 0 Å². The highest BCUT2D eigenvalue weighted by atomic mass is 16.6. The summed E-state index contributed by atoms with van der Waals surface area (Å²) in [6.07, 6.45) is 1.51. The number of benzene rings is 1. The second-order valence-electron chi connectivity index (χ2n) is 6.01. The van der Waals surface area contributed by atoms with Crippen molar-refractivity contribution in [3.63, 3.8) is 0 Å². The van der Waals surface area contributed by atoms with Crippen molar-refractivity contribution < 1.29 is 4.92 Å². The van der Waals surface area contributed by atoms with Crippen LogP contribution >= 0.6 is 0 Å². The van der Waals surface area contributed by atoms with Gasteiger partial charge in [0.2, 0.25) is 12.1 Å². The Balaban J connectivity index is 1.65. The maximum atomic E-state index is 11.1. The molecule has 7 heteroatoms. The van der Waals surface area contributed by atoms with Crippen LogP contribution in [0.3, 0.4) is 0 Å². The molecule has 1 aliphatic rings. The SMILES string of the molecule is Cc1cccc(CN2CCN(c3c([N+](=O)[O-])ncn3C)CC2)c1. The molecule has 122 valence electrons. The molecule has 0 atom stereocenters. The summed E-state index contributed by atoms with van der Waals surface area (Å²) in [6, 6.07) is 8.53. The quantitative estimate of drug-likeness (QED) is 0.637. The van der Waals surface area contributed by atoms with Gasteiger partial charge in [0, 0.05) is 39.8 Å². The number of nitro groups is 1. The molecule has 0 amide bonds. The van der Waals surface area contributed by atoms with E-state index in [4.69, 9.17) is 0 Å². The lowest BCUT2D eigenvalue weighted by Gasteiger charge is -2.35. The number of imidazole rings is 1. The van der Waals surface area contributed by atoms with Crippen LogP contribution in [0.4, 0.5) is 11.6 Å². The van der Waals surface area contributed by atoms with Crippen LogP contribution in [0.2, 0.25) is 0 Å². The summed E-state index contributed by atoms with van der Waals surface area (Å²) in [5.74, 6) is 0.546. The molecule has 0 aliphatic carbocycles. The third-order valence-corrected chi connectivity index (χ3v) is 4.22. The van der Waals surface area contributed by atoms with Crippen LogP contribution in [0.25, 0.3) is 0 Å². The lowest BCUT2D eigenvalue weighted by molar-refractivity contribution is -0.388. The van der Waals surface area contributed by atoms with E-state index in [1.807, 2.05) is 0 Å². The minimum absolute atomic E-state index is 0.0559. The highest BCUT2D eigenvalue weighted by Crippen LogP contribution is 2.26. The van der Waals surface area contributed by atoms with Gasteiger partial charge in [-0.05, 0) is 22.4 Å². The molecule has 1 fully saturated rings. The number of hydrogen-bond acceptors (Lipinski definition) is 5. The number of nitrogens with zero attached hydrogens (tertiary/aromatic N) is 5. The van der Waals surface area contributed by atoms with Gasteiger partial charge in [0.05, 0.1) is 0 Å². The standard InChI is InChI=1S/C16H21N5O2/c1-13-4-3-5-14(10-13)11-19-6-8-20(9-7-19)16-15(21(22)23)17-12-18(16)2/h3-5,10,12H,6-9,11H2,1-2H3. The Morgan fingerprint density at radius 3 is 2.65 bits per heavy atom. The van der Waals surface area contributed by atoms with Gasteiger partial charge in [-0.15, -0.1) is 0 Å². The number of aryl methyl sites for hydroxylation is 2. The van der Waals surface area contributed by atoms with Crippen molar-refractivity contribution in [2.45, 2.75) is 13.5 Å². The van der Waals surface area contributed by atoms with Gasteiger partial charge in [-0.3, -0.25) is 9.47 Å². The Morgan fingerprint density at radius 2 is 2.00 bits per heavy atom. The van der Waals surface area contributed by atoms with Crippen molar-refractivity contribution in [2.24, 2.45) is 7.05 Å². The monoisotopic (exact) mass is 315 g/mol. The fraction of sp³-hybridized carbons (Fsp3) is 0.438. The molecule has 1 saturated heterocycles. The Kier molecular flexibility index (Phi) is 4.29. The van der Waals surface area contributed by atoms with E-state index in [9.17, 15) is 10.1 Å². The zero-order valence-corrected chi connectivity index (χ0v) is 13.5. The number of aromatic nitrogens is 2. The first-order valence-electron chi connectivity index (χ1n) is 7.73. The highest BCUT2D eigenvalue weighted by Gasteiger charge is 2.28. The summed E-state index contributed by atoms with van der Waals surface area (Å²) in [5, 5.41) is 11.1. The average molecular weight is 315 g/mol. The van der Waals surface area contributed by atoms with Crippen LogP contribution in [0, 0.1) is 17.0 Å². The summed E-state index contributed by atoms with van der Waals surface area (Å²) in [6.45, 7) is 6.33. The zero-order valence-electron chi connectivity index (χ0n) is 13.5. The van der Waals surface area contributed by atoms with Crippen molar-refractivity contribution >= 4 is 11.6 Å². The fourth-order valence-electron chi connectivity index (χ4n) is 3.09. The predicted octanol–water partition coefficient (Wildman–Crippen LogP) is 1.96. The summed E-state index contributed by atoms with van der Waals surface area (Å²) in [5.41, 5.74) is 2.58. The summed E-state index contributed by atoms with van der Waals surface area (Å²) < 4.78 is 1.73. The lowest BCUT2D eigenvalue weighted by Crippen LogP contribution is -2.46. The molecule has 2 heterocycles. The molecule has 0 radical (unpaired) electrons. The molecule has 1 aromatic heterocycles. The molecule has 0 bridgehead atoms. The molecular formula is C16H21N5O2. The molecule has 3 rings (SSSR count). The molecule has 23 heavy (non-hydrogen) atoms. The molecule has 1 aromatic carbocycles. The second-order valence-corrected chi connectivity index (χ2v) is 6.01. The van der Waals surface area contributed by atoms with Gasteiger partial charge in [0.15, 0.2) is 0 Å². The third-order valence-electron chi connectivity index (χ3n) is 4.22. The van der Waals surface area contributed by atoms with E-state index in [-0.39, 0.29) is 5.82 Å². The molecule has 0 N–H and O–H groups in total. The van der Waals surface area contributed by atoms with E-state index < -0.39 is 4.92 Å². The van der Waals surface area contributed by atoms with Crippen LogP contribution in [0.1, 0.15) is 11.1 Å². The first-order chi connectivity index (χ1) is 11.0. The first-order valence-corrected chi connectivity index (χ1v) is 7.73. The highest BCUT2D eigenvalue weighted by molar-refractivity contribution is 5.54. The van der Waals surface area contributed by atoms with Crippen molar-refractivity contribution in [3.05, 3.63) is 51.8 Å². The van der Waals surface area contributed by atoms with Gasteiger partial charge in [0.1, 0.15) is 0 Å². The van der Waals surface area contributed by atoms with E-state index >= 15 is 0 Å². The van der Waals surface area contributed by atoms with Crippen LogP contribution in [-0.2, 0) is 13.6 Å². The third kappa shape index (κ3) is 3.34. The van der Waals surface area contributed by atoms with Crippen molar-refractivity contribution in [1.29, 1.82) is 0 Å². The minimum Gasteiger partial charge on any atom is -0.358 e. The second kappa shape index (κ2) is 6.37. The summed E-state index contributed by atoms with van der Waals surface area (Å²) >= 11 is 0. The van der Waals surface area contributed by atoms with E-state index in [2.05, 4.69) is 46.0 Å². The largest absolute Gasteiger partial charge is 0.406 e. The predicted molar refractivity (Wildman–Crippen MR) is 88.5 cm³/mol. The topological polar surface area (TPSA) is 67.4 Å². The summed E-state index contributed by atoms with van der Waals surface area (Å²) in [7, 11) is 1.80. The first kappa shape index (κ1) is 15.5. The number of anilines is 1. The fourth-order valence-corrected chi connectivity index (χ4v) is 3.09. The molecule has 0 saturated carbocycles. The van der Waals surface area contributed by atoms with E-state index in [0.717, 1.165) is 32.7 Å². The molecular weight excluding hydrogens is 294 g/mol. The number of piperazine rings is 1. The van der Waals surface area contributed by atoms with Gasteiger partial charge in [-0.25, -0.2) is 0 Å². The zero-order chi connectivity index (χ0) is 16.4. The van der Waals surface area contributed by atoms with Gasteiger partial charge >= 0.3 is 5.82 Å². The van der Waals surface area contributed by atoms with Crippen LogP contribution in [0.15, 0.2) is 30.6 Å². The Labute approximate surface area is 135 Å². The molecule has 0 unspecified atom stereocenters. The van der Waals surface area contributed by atoms with Crippen molar-refractivity contribution in [1.82, 2.24) is 14.5 Å². The van der Waals surface area contributed by atoms with Gasteiger partial charge < -0.3 is 15.0 Å². The Bertz CT molecular complexity index is 704. The maximum absolute atomic E-state index is 11.1. The van der Waals surface area contributed by atoms with E-state index in [1.54, 1.807) is 11.6 Å². The minimum atomic E-state index is -0.408. The Hall–Kier alpha value is -2.41. The van der Waals surface area contributed by atoms with Gasteiger partial charge in [0.25, 0.3) is 0 Å². The molecule has 0 spiro atoms. The molecule has 7 nitrogen and oxygen atoms in total. The smallest absolute Gasteiger partial charge is 0.358 e. The Morgan fingerprint density at radius 1 is 1.26 bits per heavy atom. The van der Waals surface area contributed by atoms with Crippen LogP contribution in [0.5, 0.6) is 0 Å². The van der Waals surface area contributed by atoms with E-state index in [1.165, 1.54) is 17.5 Å². The van der Waals surface area contributed by atoms with Crippen LogP contribution in [-0.4, -0.2) is 45.6 Å². The van der Waals surface area contributed by atoms with Crippen molar-refractivity contribution in [2.75, 3.05) is 31.1 Å². The van der Waals surface area contributed by atoms with Gasteiger partial charge in [-0.1, -0.05) is 29.8 Å². The normalized spacial score (nSPS) is 15.8. The average Bonchev–Trinajstić information content (AvgIpc) is 2.90. The summed E-state index contributed by atoms with van der Waals surface area (Å²) in [4.78, 5) is 19.0.